The monoisotopic (exact) mass is 616 g/mol. The molecule has 5 N–H and O–H groups in total. The molecule has 1 aromatic heterocycles. The first kappa shape index (κ1) is 31.8. The molecule has 0 saturated heterocycles. The first-order valence-corrected chi connectivity index (χ1v) is 15.1. The van der Waals surface area contributed by atoms with E-state index < -0.39 is 15.9 Å². The lowest BCUT2D eigenvalue weighted by molar-refractivity contribution is -0.112. The fourth-order valence-corrected chi connectivity index (χ4v) is 5.33. The van der Waals surface area contributed by atoms with Crippen LogP contribution >= 0.6 is 0 Å². The molecule has 44 heavy (non-hydrogen) atoms. The van der Waals surface area contributed by atoms with Crippen LogP contribution in [0.25, 0.3) is 5.57 Å². The van der Waals surface area contributed by atoms with Crippen molar-refractivity contribution in [1.82, 2.24) is 14.9 Å². The Bertz CT molecular complexity index is 1750. The number of hydrogen-bond donors (Lipinski definition) is 4. The number of para-hydroxylation sites is 2. The molecule has 1 heterocycles. The van der Waals surface area contributed by atoms with Crippen molar-refractivity contribution in [1.29, 1.82) is 0 Å². The molecular formula is C31H36N8O4S. The third kappa shape index (κ3) is 7.82. The second kappa shape index (κ2) is 13.9. The van der Waals surface area contributed by atoms with Crippen LogP contribution < -0.4 is 30.7 Å². The van der Waals surface area contributed by atoms with Crippen LogP contribution in [0.3, 0.4) is 0 Å². The topological polar surface area (TPSA) is 155 Å². The first-order valence-electron chi connectivity index (χ1n) is 13.6. The Morgan fingerprint density at radius 2 is 1.61 bits per heavy atom. The molecule has 0 spiro atoms. The van der Waals surface area contributed by atoms with E-state index in [9.17, 15) is 13.2 Å². The number of nitrogens with two attached hydrogens (primary N) is 1. The van der Waals surface area contributed by atoms with Gasteiger partial charge in [-0.15, -0.1) is 0 Å². The molecule has 12 nitrogen and oxygen atoms in total. The van der Waals surface area contributed by atoms with Gasteiger partial charge in [0.15, 0.2) is 0 Å². The van der Waals surface area contributed by atoms with Gasteiger partial charge in [-0.1, -0.05) is 36.9 Å². The number of benzene rings is 3. The summed E-state index contributed by atoms with van der Waals surface area (Å²) in [7, 11) is 3.60. The molecule has 0 fully saturated rings. The summed E-state index contributed by atoms with van der Waals surface area (Å²) in [6.07, 6.45) is 1.55. The molecule has 0 saturated carbocycles. The number of sulfonamides is 1. The van der Waals surface area contributed by atoms with Gasteiger partial charge in [0.25, 0.3) is 10.0 Å². The maximum atomic E-state index is 12.9. The fourth-order valence-electron chi connectivity index (χ4n) is 4.23. The second-order valence-corrected chi connectivity index (χ2v) is 11.8. The lowest BCUT2D eigenvalue weighted by atomic mass is 10.0. The normalized spacial score (nSPS) is 11.1. The fraction of sp³-hybridized carbons (Fsp3) is 0.194. The molecule has 4 aromatic rings. The van der Waals surface area contributed by atoms with Crippen LogP contribution in [0.5, 0.6) is 5.75 Å². The van der Waals surface area contributed by atoms with Crippen molar-refractivity contribution in [3.63, 3.8) is 0 Å². The minimum absolute atomic E-state index is 0.144. The van der Waals surface area contributed by atoms with Gasteiger partial charge < -0.3 is 30.9 Å². The maximum absolute atomic E-state index is 12.9. The summed E-state index contributed by atoms with van der Waals surface area (Å²) in [5.41, 5.74) is 8.34. The molecular weight excluding hydrogens is 580 g/mol. The molecule has 0 unspecified atom stereocenters. The number of ether oxygens (including phenoxy) is 1. The Hall–Kier alpha value is -5.14. The summed E-state index contributed by atoms with van der Waals surface area (Å²) < 4.78 is 34.2. The Morgan fingerprint density at radius 3 is 2.27 bits per heavy atom. The van der Waals surface area contributed by atoms with E-state index in [4.69, 9.17) is 10.5 Å². The van der Waals surface area contributed by atoms with E-state index in [2.05, 4.69) is 36.8 Å². The van der Waals surface area contributed by atoms with E-state index in [1.54, 1.807) is 74.0 Å². The van der Waals surface area contributed by atoms with Crippen molar-refractivity contribution in [2.24, 2.45) is 5.73 Å². The predicted octanol–water partition coefficient (Wildman–Crippen LogP) is 4.27. The third-order valence-electron chi connectivity index (χ3n) is 6.62. The molecule has 0 aliphatic rings. The smallest absolute Gasteiger partial charge is 0.261 e. The van der Waals surface area contributed by atoms with E-state index in [0.29, 0.717) is 40.7 Å². The number of hydrogen-bond acceptors (Lipinski definition) is 10. The second-order valence-electron chi connectivity index (χ2n) is 10.1. The van der Waals surface area contributed by atoms with E-state index in [1.807, 2.05) is 26.0 Å². The number of rotatable bonds is 14. The number of nitrogens with zero attached hydrogens (tertiary/aromatic N) is 4. The highest BCUT2D eigenvalue weighted by molar-refractivity contribution is 7.92. The average Bonchev–Trinajstić information content (AvgIpc) is 3.00. The minimum Gasteiger partial charge on any atom is -0.494 e. The summed E-state index contributed by atoms with van der Waals surface area (Å²) in [6, 6.07) is 20.2. The number of methoxy groups -OCH3 is 1. The number of amides is 1. The van der Waals surface area contributed by atoms with Crippen molar-refractivity contribution in [3.05, 3.63) is 91.1 Å². The van der Waals surface area contributed by atoms with Gasteiger partial charge in [0.1, 0.15) is 11.6 Å². The summed E-state index contributed by atoms with van der Waals surface area (Å²) >= 11 is 0. The molecule has 3 aromatic carbocycles. The summed E-state index contributed by atoms with van der Waals surface area (Å²) in [6.45, 7) is 5.38. The maximum Gasteiger partial charge on any atom is 0.261 e. The van der Waals surface area contributed by atoms with Crippen LogP contribution in [0, 0.1) is 0 Å². The van der Waals surface area contributed by atoms with E-state index in [0.717, 1.165) is 12.2 Å². The number of likely N-dealkylation sites (N-methyl/N-ethyl adjacent to an activating group) is 2. The minimum atomic E-state index is -3.81. The Balaban J connectivity index is 1.62. The molecule has 0 aliphatic carbocycles. The Morgan fingerprint density at radius 1 is 0.932 bits per heavy atom. The van der Waals surface area contributed by atoms with E-state index in [1.165, 1.54) is 12.1 Å². The van der Waals surface area contributed by atoms with Crippen LogP contribution in [-0.2, 0) is 14.8 Å². The average molecular weight is 617 g/mol. The molecule has 0 atom stereocenters. The lowest BCUT2D eigenvalue weighted by Crippen LogP contribution is -2.29. The lowest BCUT2D eigenvalue weighted by Gasteiger charge is -2.26. The quantitative estimate of drug-likeness (QED) is 0.151. The highest BCUT2D eigenvalue weighted by atomic mass is 32.2. The van der Waals surface area contributed by atoms with Crippen LogP contribution in [0.1, 0.15) is 5.56 Å². The van der Waals surface area contributed by atoms with Crippen molar-refractivity contribution >= 4 is 56.0 Å². The number of aromatic nitrogens is 2. The molecule has 1 amide bonds. The van der Waals surface area contributed by atoms with Gasteiger partial charge in [-0.25, -0.2) is 13.4 Å². The van der Waals surface area contributed by atoms with Gasteiger partial charge in [-0.2, -0.15) is 4.98 Å². The SMILES string of the molecule is C=C(C(N)=O)c1cc(Nc2nccc(Nc3ccccc3NS(=O)(=O)c3ccccc3)n2)c(OC)cc1N(C)CCN(C)C. The van der Waals surface area contributed by atoms with Gasteiger partial charge in [-0.05, 0) is 50.5 Å². The van der Waals surface area contributed by atoms with Gasteiger partial charge in [0.2, 0.25) is 11.9 Å². The first-order chi connectivity index (χ1) is 21.0. The molecule has 0 radical (unpaired) electrons. The van der Waals surface area contributed by atoms with Gasteiger partial charge in [-0.3, -0.25) is 9.52 Å². The zero-order chi connectivity index (χ0) is 31.9. The molecule has 0 bridgehead atoms. The number of nitrogens with one attached hydrogen (secondary N) is 3. The molecule has 230 valence electrons. The number of anilines is 6. The number of carbonyl (C=O) groups is 1. The van der Waals surface area contributed by atoms with Gasteiger partial charge in [0.05, 0.1) is 29.1 Å². The Kier molecular flexibility index (Phi) is 10.0. The van der Waals surface area contributed by atoms with Crippen LogP contribution in [0.2, 0.25) is 0 Å². The van der Waals surface area contributed by atoms with E-state index in [-0.39, 0.29) is 16.4 Å². The van der Waals surface area contributed by atoms with Crippen LogP contribution in [-0.4, -0.2) is 70.5 Å². The largest absolute Gasteiger partial charge is 0.494 e. The third-order valence-corrected chi connectivity index (χ3v) is 8.01. The van der Waals surface area contributed by atoms with Crippen LogP contribution in [0.15, 0.2) is 90.5 Å². The standard InChI is InChI=1S/C31H36N8O4S/c1-21(30(32)40)23-19-26(28(43-5)20-27(23)39(4)18-17-38(2)3)35-31-33-16-15-29(36-31)34-24-13-9-10-14-25(24)37-44(41,42)22-11-7-6-8-12-22/h6-16,19-20,37H,1,17-18H2,2-5H3,(H2,32,40)(H2,33,34,35,36). The van der Waals surface area contributed by atoms with Gasteiger partial charge in [0, 0.05) is 49.2 Å². The molecule has 13 heteroatoms. The van der Waals surface area contributed by atoms with Crippen LogP contribution in [0.4, 0.5) is 34.5 Å². The number of carbonyl (C=O) groups excluding carboxylic acids is 1. The summed E-state index contributed by atoms with van der Waals surface area (Å²) in [5, 5.41) is 6.31. The van der Waals surface area contributed by atoms with Gasteiger partial charge >= 0.3 is 0 Å². The summed E-state index contributed by atoms with van der Waals surface area (Å²) in [4.78, 5) is 25.2. The van der Waals surface area contributed by atoms with E-state index >= 15 is 0 Å². The Labute approximate surface area is 257 Å². The van der Waals surface area contributed by atoms with Crippen molar-refractivity contribution in [3.8, 4) is 5.75 Å². The zero-order valence-corrected chi connectivity index (χ0v) is 25.9. The van der Waals surface area contributed by atoms with Crippen molar-refractivity contribution in [2.75, 3.05) is 61.6 Å². The van der Waals surface area contributed by atoms with Crippen molar-refractivity contribution in [2.45, 2.75) is 4.90 Å². The highest BCUT2D eigenvalue weighted by Gasteiger charge is 2.20. The number of primary amides is 1. The molecule has 0 aliphatic heterocycles. The highest BCUT2D eigenvalue weighted by Crippen LogP contribution is 2.37. The zero-order valence-electron chi connectivity index (χ0n) is 25.0. The molecule has 4 rings (SSSR count). The predicted molar refractivity (Wildman–Crippen MR) is 175 cm³/mol. The van der Waals surface area contributed by atoms with Crippen molar-refractivity contribution < 1.29 is 17.9 Å². The summed E-state index contributed by atoms with van der Waals surface area (Å²) in [5.74, 6) is 0.461.